The van der Waals surface area contributed by atoms with Gasteiger partial charge in [0, 0.05) is 56.5 Å². The van der Waals surface area contributed by atoms with Crippen molar-refractivity contribution in [3.05, 3.63) is 170 Å². The molecule has 0 spiro atoms. The SMILES string of the molecule is c1cnc2c(c1)ccc1ccc(-c3ccc4ccc(-c5ccc6nc(-c7ccc(-c8cc9cccnc9c9ncccc89)cc7)ccc6c5)cc4n3)nc12. The molecule has 0 aliphatic heterocycles. The lowest BCUT2D eigenvalue weighted by Crippen LogP contribution is -1.92. The predicted molar refractivity (Wildman–Crippen MR) is 220 cm³/mol. The van der Waals surface area contributed by atoms with Crippen LogP contribution in [0.2, 0.25) is 0 Å². The van der Waals surface area contributed by atoms with Crippen molar-refractivity contribution in [1.29, 1.82) is 0 Å². The first-order valence-electron chi connectivity index (χ1n) is 17.9. The summed E-state index contributed by atoms with van der Waals surface area (Å²) in [4.78, 5) is 29.1. The van der Waals surface area contributed by atoms with E-state index >= 15 is 0 Å². The van der Waals surface area contributed by atoms with E-state index in [2.05, 4.69) is 136 Å². The third-order valence-corrected chi connectivity index (χ3v) is 10.4. The molecule has 0 amide bonds. The van der Waals surface area contributed by atoms with Crippen LogP contribution in [0.3, 0.4) is 0 Å². The Hall–Kier alpha value is -7.44. The second-order valence-corrected chi connectivity index (χ2v) is 13.6. The van der Waals surface area contributed by atoms with Gasteiger partial charge in [0.2, 0.25) is 0 Å². The van der Waals surface area contributed by atoms with Crippen LogP contribution in [0.25, 0.3) is 110 Å². The molecule has 6 aromatic heterocycles. The maximum absolute atomic E-state index is 5.08. The maximum Gasteiger partial charge on any atom is 0.0972 e. The number of benzene rings is 5. The van der Waals surface area contributed by atoms with Crippen molar-refractivity contribution in [2.24, 2.45) is 0 Å². The lowest BCUT2D eigenvalue weighted by molar-refractivity contribution is 1.31. The summed E-state index contributed by atoms with van der Waals surface area (Å²) in [6, 6.07) is 52.7. The average Bonchev–Trinajstić information content (AvgIpc) is 3.25. The quantitative estimate of drug-likeness (QED) is 0.171. The highest BCUT2D eigenvalue weighted by Crippen LogP contribution is 2.35. The predicted octanol–water partition coefficient (Wildman–Crippen LogP) is 11.6. The first-order chi connectivity index (χ1) is 26.7. The van der Waals surface area contributed by atoms with Gasteiger partial charge in [-0.05, 0) is 82.9 Å². The van der Waals surface area contributed by atoms with Crippen LogP contribution in [0.15, 0.2) is 170 Å². The molecule has 6 heteroatoms. The summed E-state index contributed by atoms with van der Waals surface area (Å²) in [5.74, 6) is 0. The van der Waals surface area contributed by atoms with Crippen molar-refractivity contribution in [3.63, 3.8) is 0 Å². The first kappa shape index (κ1) is 30.2. The van der Waals surface area contributed by atoms with Crippen molar-refractivity contribution in [2.75, 3.05) is 0 Å². The van der Waals surface area contributed by atoms with E-state index in [1.165, 1.54) is 0 Å². The van der Waals surface area contributed by atoms with E-state index in [1.54, 1.807) is 0 Å². The lowest BCUT2D eigenvalue weighted by atomic mass is 9.96. The molecule has 0 radical (unpaired) electrons. The van der Waals surface area contributed by atoms with Gasteiger partial charge < -0.3 is 0 Å². The number of pyridine rings is 6. The number of hydrogen-bond donors (Lipinski definition) is 0. The van der Waals surface area contributed by atoms with Gasteiger partial charge in [-0.2, -0.15) is 0 Å². The summed E-state index contributed by atoms with van der Waals surface area (Å²) in [6.07, 6.45) is 5.47. The molecule has 11 rings (SSSR count). The van der Waals surface area contributed by atoms with Gasteiger partial charge in [0.25, 0.3) is 0 Å². The second kappa shape index (κ2) is 12.1. The normalized spacial score (nSPS) is 11.7. The van der Waals surface area contributed by atoms with Gasteiger partial charge in [0.15, 0.2) is 0 Å². The van der Waals surface area contributed by atoms with Crippen LogP contribution in [0.4, 0.5) is 0 Å². The molecule has 6 nitrogen and oxygen atoms in total. The average molecular weight is 689 g/mol. The molecular formula is C48H28N6. The largest absolute Gasteiger partial charge is 0.254 e. The Kier molecular flexibility index (Phi) is 6.75. The molecule has 5 aromatic carbocycles. The summed E-state index contributed by atoms with van der Waals surface area (Å²) in [5.41, 5.74) is 13.6. The number of rotatable bonds is 4. The van der Waals surface area contributed by atoms with Crippen LogP contribution in [-0.2, 0) is 0 Å². The van der Waals surface area contributed by atoms with Crippen LogP contribution in [0.5, 0.6) is 0 Å². The fourth-order valence-electron chi connectivity index (χ4n) is 7.61. The van der Waals surface area contributed by atoms with Gasteiger partial charge in [-0.25, -0.2) is 15.0 Å². The molecule has 0 saturated carbocycles. The number of aromatic nitrogens is 6. The van der Waals surface area contributed by atoms with Crippen molar-refractivity contribution in [1.82, 2.24) is 29.9 Å². The van der Waals surface area contributed by atoms with Gasteiger partial charge in [-0.3, -0.25) is 15.0 Å². The second-order valence-electron chi connectivity index (χ2n) is 13.6. The Balaban J connectivity index is 0.901. The van der Waals surface area contributed by atoms with Crippen molar-refractivity contribution in [3.8, 4) is 44.9 Å². The molecule has 0 N–H and O–H groups in total. The van der Waals surface area contributed by atoms with Crippen molar-refractivity contribution >= 4 is 65.4 Å². The highest BCUT2D eigenvalue weighted by atomic mass is 14.8. The first-order valence-corrected chi connectivity index (χ1v) is 17.9. The molecule has 0 aliphatic rings. The van der Waals surface area contributed by atoms with E-state index in [-0.39, 0.29) is 0 Å². The van der Waals surface area contributed by atoms with Gasteiger partial charge in [0.05, 0.1) is 50.2 Å². The van der Waals surface area contributed by atoms with Crippen LogP contribution in [-0.4, -0.2) is 29.9 Å². The monoisotopic (exact) mass is 688 g/mol. The topological polar surface area (TPSA) is 77.3 Å². The summed E-state index contributed by atoms with van der Waals surface area (Å²) in [6.45, 7) is 0. The molecule has 0 atom stereocenters. The highest BCUT2D eigenvalue weighted by Gasteiger charge is 2.13. The standard InChI is InChI=1S/C48H28N6/c1-4-32-12-13-33-16-22-43(54-47(33)45(32)49-23-1)42-21-15-31-11-14-35(28-44(31)53-42)34-17-19-41-36(26-34)18-20-40(52-41)30-9-7-29(8-10-30)39-27-37-5-2-24-50-46(37)48-38(39)6-3-25-51-48/h1-28H. The summed E-state index contributed by atoms with van der Waals surface area (Å²) < 4.78 is 0. The Morgan fingerprint density at radius 1 is 0.296 bits per heavy atom. The molecule has 0 aliphatic carbocycles. The van der Waals surface area contributed by atoms with Crippen LogP contribution >= 0.6 is 0 Å². The zero-order valence-electron chi connectivity index (χ0n) is 28.8. The molecule has 0 fully saturated rings. The van der Waals surface area contributed by atoms with E-state index in [9.17, 15) is 0 Å². The van der Waals surface area contributed by atoms with Gasteiger partial charge >= 0.3 is 0 Å². The third-order valence-electron chi connectivity index (χ3n) is 10.4. The maximum atomic E-state index is 5.08. The van der Waals surface area contributed by atoms with E-state index < -0.39 is 0 Å². The van der Waals surface area contributed by atoms with Crippen molar-refractivity contribution < 1.29 is 0 Å². The molecule has 0 saturated heterocycles. The Bertz CT molecular complexity index is 3280. The van der Waals surface area contributed by atoms with E-state index in [0.29, 0.717) is 0 Å². The minimum absolute atomic E-state index is 0.826. The van der Waals surface area contributed by atoms with Crippen LogP contribution < -0.4 is 0 Å². The zero-order valence-corrected chi connectivity index (χ0v) is 28.8. The molecule has 54 heavy (non-hydrogen) atoms. The summed E-state index contributed by atoms with van der Waals surface area (Å²) in [7, 11) is 0. The fraction of sp³-hybridized carbons (Fsp3) is 0. The summed E-state index contributed by atoms with van der Waals surface area (Å²) >= 11 is 0. The van der Waals surface area contributed by atoms with Crippen LogP contribution in [0.1, 0.15) is 0 Å². The lowest BCUT2D eigenvalue weighted by Gasteiger charge is -2.11. The minimum Gasteiger partial charge on any atom is -0.254 e. The molecule has 0 unspecified atom stereocenters. The molecular weight excluding hydrogens is 661 g/mol. The number of fused-ring (bicyclic) bond motifs is 8. The smallest absolute Gasteiger partial charge is 0.0972 e. The molecule has 6 heterocycles. The summed E-state index contributed by atoms with van der Waals surface area (Å²) in [5, 5.41) is 6.46. The zero-order chi connectivity index (χ0) is 35.6. The van der Waals surface area contributed by atoms with Gasteiger partial charge in [-0.15, -0.1) is 0 Å². The Labute approximate surface area is 309 Å². The van der Waals surface area contributed by atoms with Gasteiger partial charge in [-0.1, -0.05) is 91.0 Å². The highest BCUT2D eigenvalue weighted by molar-refractivity contribution is 6.10. The van der Waals surface area contributed by atoms with E-state index in [1.807, 2.05) is 48.9 Å². The fourth-order valence-corrected chi connectivity index (χ4v) is 7.61. The Morgan fingerprint density at radius 3 is 1.70 bits per heavy atom. The van der Waals surface area contributed by atoms with Crippen molar-refractivity contribution in [2.45, 2.75) is 0 Å². The Morgan fingerprint density at radius 2 is 0.852 bits per heavy atom. The number of hydrogen-bond acceptors (Lipinski definition) is 6. The third kappa shape index (κ3) is 5.04. The van der Waals surface area contributed by atoms with Crippen LogP contribution in [0, 0.1) is 0 Å². The van der Waals surface area contributed by atoms with Gasteiger partial charge in [0.1, 0.15) is 0 Å². The van der Waals surface area contributed by atoms with E-state index in [0.717, 1.165) is 110 Å². The molecule has 250 valence electrons. The minimum atomic E-state index is 0.826. The van der Waals surface area contributed by atoms with E-state index in [4.69, 9.17) is 15.0 Å². The number of nitrogens with zero attached hydrogens (tertiary/aromatic N) is 6. The molecule has 0 bridgehead atoms. The molecule has 11 aromatic rings.